The van der Waals surface area contributed by atoms with Crippen molar-refractivity contribution >= 4 is 29.9 Å². The summed E-state index contributed by atoms with van der Waals surface area (Å²) >= 11 is 5.80. The Labute approximate surface area is 159 Å². The van der Waals surface area contributed by atoms with Gasteiger partial charge in [0.25, 0.3) is 0 Å². The summed E-state index contributed by atoms with van der Waals surface area (Å²) in [7, 11) is 2.01. The first-order chi connectivity index (χ1) is 11.5. The standard InChI is InChI=1S/C18H25ClFN3O.ClH/c1-11-9-13(5-7-21-11)18(24)22-16-6-8-23(2)17(16)12-3-4-14(19)15(20)10-12;/h3-4,10-11,13,16-17,21H,5-9H2,1-2H3,(H,22,24);1H/t11-,13-,16?,17?;/m0./s1. The van der Waals surface area contributed by atoms with E-state index < -0.39 is 5.82 Å². The molecule has 2 unspecified atom stereocenters. The summed E-state index contributed by atoms with van der Waals surface area (Å²) in [6.07, 6.45) is 2.62. The van der Waals surface area contributed by atoms with Crippen molar-refractivity contribution in [1.82, 2.24) is 15.5 Å². The molecule has 2 fully saturated rings. The van der Waals surface area contributed by atoms with Gasteiger partial charge in [-0.3, -0.25) is 9.69 Å². The van der Waals surface area contributed by atoms with Gasteiger partial charge in [-0.1, -0.05) is 17.7 Å². The lowest BCUT2D eigenvalue weighted by atomic mass is 9.91. The molecule has 2 saturated heterocycles. The lowest BCUT2D eigenvalue weighted by molar-refractivity contribution is -0.127. The molecule has 1 amide bonds. The summed E-state index contributed by atoms with van der Waals surface area (Å²) in [5.74, 6) is -0.218. The summed E-state index contributed by atoms with van der Waals surface area (Å²) in [5.41, 5.74) is 0.862. The second-order valence-corrected chi connectivity index (χ2v) is 7.49. The van der Waals surface area contributed by atoms with Gasteiger partial charge in [-0.15, -0.1) is 12.4 Å². The molecular weight excluding hydrogens is 364 g/mol. The molecule has 1 aromatic rings. The van der Waals surface area contributed by atoms with Gasteiger partial charge in [0.15, 0.2) is 0 Å². The molecule has 25 heavy (non-hydrogen) atoms. The van der Waals surface area contributed by atoms with Crippen molar-refractivity contribution in [2.24, 2.45) is 5.92 Å². The number of carbonyl (C=O) groups is 1. The molecule has 0 saturated carbocycles. The van der Waals surface area contributed by atoms with Crippen LogP contribution in [0.4, 0.5) is 4.39 Å². The smallest absolute Gasteiger partial charge is 0.223 e. The van der Waals surface area contributed by atoms with Gasteiger partial charge in [0.05, 0.1) is 11.1 Å². The van der Waals surface area contributed by atoms with E-state index in [-0.39, 0.29) is 41.3 Å². The Bertz CT molecular complexity index is 616. The number of benzene rings is 1. The van der Waals surface area contributed by atoms with Crippen LogP contribution in [0.5, 0.6) is 0 Å². The Balaban J connectivity index is 0.00000225. The summed E-state index contributed by atoms with van der Waals surface area (Å²) in [4.78, 5) is 14.8. The first-order valence-electron chi connectivity index (χ1n) is 8.64. The van der Waals surface area contributed by atoms with Gasteiger partial charge in [0, 0.05) is 24.5 Å². The molecule has 4 atom stereocenters. The zero-order chi connectivity index (χ0) is 17.3. The van der Waals surface area contributed by atoms with Crippen molar-refractivity contribution < 1.29 is 9.18 Å². The number of piperidine rings is 1. The Morgan fingerprint density at radius 3 is 2.84 bits per heavy atom. The fourth-order valence-electron chi connectivity index (χ4n) is 3.95. The number of rotatable bonds is 3. The van der Waals surface area contributed by atoms with Crippen LogP contribution in [0.3, 0.4) is 0 Å². The number of likely N-dealkylation sites (tertiary alicyclic amines) is 1. The Morgan fingerprint density at radius 1 is 1.40 bits per heavy atom. The van der Waals surface area contributed by atoms with Crippen molar-refractivity contribution in [1.29, 1.82) is 0 Å². The third-order valence-electron chi connectivity index (χ3n) is 5.26. The fraction of sp³-hybridized carbons (Fsp3) is 0.611. The normalized spacial score (nSPS) is 29.9. The minimum Gasteiger partial charge on any atom is -0.351 e. The number of nitrogens with zero attached hydrogens (tertiary/aromatic N) is 1. The summed E-state index contributed by atoms with van der Waals surface area (Å²) in [6.45, 7) is 3.88. The molecule has 140 valence electrons. The minimum atomic E-state index is -0.410. The van der Waals surface area contributed by atoms with E-state index in [4.69, 9.17) is 11.6 Å². The SMILES string of the molecule is C[C@H]1C[C@@H](C(=O)NC2CCN(C)C2c2ccc(Cl)c(F)c2)CCN1.Cl. The molecule has 0 bridgehead atoms. The number of halogens is 3. The molecular formula is C18H26Cl2FN3O. The zero-order valence-corrected chi connectivity index (χ0v) is 16.2. The van der Waals surface area contributed by atoms with E-state index in [1.165, 1.54) is 6.07 Å². The van der Waals surface area contributed by atoms with E-state index in [0.717, 1.165) is 37.9 Å². The van der Waals surface area contributed by atoms with Crippen LogP contribution in [0, 0.1) is 11.7 Å². The van der Waals surface area contributed by atoms with E-state index in [1.54, 1.807) is 6.07 Å². The topological polar surface area (TPSA) is 44.4 Å². The van der Waals surface area contributed by atoms with Crippen LogP contribution < -0.4 is 10.6 Å². The van der Waals surface area contributed by atoms with Crippen LogP contribution in [-0.2, 0) is 4.79 Å². The van der Waals surface area contributed by atoms with E-state index in [2.05, 4.69) is 22.5 Å². The van der Waals surface area contributed by atoms with Gasteiger partial charge in [0.1, 0.15) is 5.82 Å². The van der Waals surface area contributed by atoms with Crippen LogP contribution >= 0.6 is 24.0 Å². The second kappa shape index (κ2) is 8.67. The Hall–Kier alpha value is -0.880. The highest BCUT2D eigenvalue weighted by molar-refractivity contribution is 6.30. The maximum atomic E-state index is 13.8. The summed E-state index contributed by atoms with van der Waals surface area (Å²) in [5, 5.41) is 6.72. The molecule has 3 rings (SSSR count). The maximum Gasteiger partial charge on any atom is 0.223 e. The number of nitrogens with one attached hydrogen (secondary N) is 2. The van der Waals surface area contributed by atoms with Crippen molar-refractivity contribution in [3.63, 3.8) is 0 Å². The van der Waals surface area contributed by atoms with Crippen molar-refractivity contribution in [3.05, 3.63) is 34.6 Å². The highest BCUT2D eigenvalue weighted by Crippen LogP contribution is 2.33. The highest BCUT2D eigenvalue weighted by Gasteiger charge is 2.36. The van der Waals surface area contributed by atoms with Gasteiger partial charge in [0.2, 0.25) is 5.91 Å². The van der Waals surface area contributed by atoms with Crippen molar-refractivity contribution in [2.75, 3.05) is 20.1 Å². The molecule has 1 aromatic carbocycles. The summed E-state index contributed by atoms with van der Waals surface area (Å²) in [6, 6.07) is 5.30. The van der Waals surface area contributed by atoms with E-state index in [0.29, 0.717) is 6.04 Å². The maximum absolute atomic E-state index is 13.8. The molecule has 2 heterocycles. The first kappa shape index (κ1) is 20.4. The lowest BCUT2D eigenvalue weighted by Gasteiger charge is -2.30. The van der Waals surface area contributed by atoms with Gasteiger partial charge in [-0.05, 0) is 57.5 Å². The van der Waals surface area contributed by atoms with Crippen molar-refractivity contribution in [2.45, 2.75) is 44.3 Å². The van der Waals surface area contributed by atoms with E-state index >= 15 is 0 Å². The van der Waals surface area contributed by atoms with Gasteiger partial charge in [-0.2, -0.15) is 0 Å². The fourth-order valence-corrected chi connectivity index (χ4v) is 4.07. The monoisotopic (exact) mass is 389 g/mol. The summed E-state index contributed by atoms with van der Waals surface area (Å²) < 4.78 is 13.8. The minimum absolute atomic E-state index is 0. The van der Waals surface area contributed by atoms with Crippen molar-refractivity contribution in [3.8, 4) is 0 Å². The molecule has 0 aromatic heterocycles. The molecule has 2 N–H and O–H groups in total. The Kier molecular flexibility index (Phi) is 7.09. The zero-order valence-electron chi connectivity index (χ0n) is 14.6. The molecule has 7 heteroatoms. The van der Waals surface area contributed by atoms with Gasteiger partial charge >= 0.3 is 0 Å². The van der Waals surface area contributed by atoms with Gasteiger partial charge in [-0.25, -0.2) is 4.39 Å². The molecule has 0 radical (unpaired) electrons. The van der Waals surface area contributed by atoms with Crippen LogP contribution in [0.2, 0.25) is 5.02 Å². The number of hydrogen-bond donors (Lipinski definition) is 2. The van der Waals surface area contributed by atoms with Crippen LogP contribution in [0.15, 0.2) is 18.2 Å². The third kappa shape index (κ3) is 4.64. The molecule has 0 aliphatic carbocycles. The van der Waals surface area contributed by atoms with Crippen LogP contribution in [0.1, 0.15) is 37.8 Å². The van der Waals surface area contributed by atoms with Crippen LogP contribution in [0.25, 0.3) is 0 Å². The molecule has 2 aliphatic heterocycles. The average Bonchev–Trinajstić information content (AvgIpc) is 2.90. The predicted octanol–water partition coefficient (Wildman–Crippen LogP) is 3.15. The number of carbonyl (C=O) groups excluding carboxylic acids is 1. The largest absolute Gasteiger partial charge is 0.351 e. The second-order valence-electron chi connectivity index (χ2n) is 7.08. The highest BCUT2D eigenvalue weighted by atomic mass is 35.5. The average molecular weight is 390 g/mol. The first-order valence-corrected chi connectivity index (χ1v) is 9.02. The Morgan fingerprint density at radius 2 is 2.16 bits per heavy atom. The molecule has 0 spiro atoms. The third-order valence-corrected chi connectivity index (χ3v) is 5.56. The number of hydrogen-bond acceptors (Lipinski definition) is 3. The molecule has 4 nitrogen and oxygen atoms in total. The van der Waals surface area contributed by atoms with E-state index in [9.17, 15) is 9.18 Å². The molecule has 2 aliphatic rings. The quantitative estimate of drug-likeness (QED) is 0.834. The number of amides is 1. The number of likely N-dealkylation sites (N-methyl/N-ethyl adjacent to an activating group) is 1. The van der Waals surface area contributed by atoms with E-state index in [1.807, 2.05) is 13.1 Å². The van der Waals surface area contributed by atoms with Gasteiger partial charge < -0.3 is 10.6 Å². The predicted molar refractivity (Wildman–Crippen MR) is 101 cm³/mol. The lowest BCUT2D eigenvalue weighted by Crippen LogP contribution is -2.46. The van der Waals surface area contributed by atoms with Crippen LogP contribution in [-0.4, -0.2) is 43.0 Å².